The van der Waals surface area contributed by atoms with Gasteiger partial charge in [0.05, 0.1) is 23.6 Å². The first-order valence-electron chi connectivity index (χ1n) is 13.7. The van der Waals surface area contributed by atoms with Crippen molar-refractivity contribution in [2.45, 2.75) is 26.2 Å². The number of hydrogen-bond donors (Lipinski definition) is 2. The van der Waals surface area contributed by atoms with Crippen molar-refractivity contribution in [2.24, 2.45) is 0 Å². The Morgan fingerprint density at radius 3 is 2.50 bits per heavy atom. The van der Waals surface area contributed by atoms with Gasteiger partial charge in [-0.15, -0.1) is 0 Å². The summed E-state index contributed by atoms with van der Waals surface area (Å²) < 4.78 is 11.2. The lowest BCUT2D eigenvalue weighted by atomic mass is 9.93. The number of ether oxygens (including phenoxy) is 1. The highest BCUT2D eigenvalue weighted by Crippen LogP contribution is 2.41. The average molecular weight is 545 g/mol. The van der Waals surface area contributed by atoms with Crippen LogP contribution in [0.25, 0.3) is 22.6 Å². The fourth-order valence-electron chi connectivity index (χ4n) is 5.81. The Kier molecular flexibility index (Phi) is 7.42. The third kappa shape index (κ3) is 5.15. The van der Waals surface area contributed by atoms with Crippen molar-refractivity contribution in [3.8, 4) is 22.8 Å². The van der Waals surface area contributed by atoms with Crippen molar-refractivity contribution in [2.75, 3.05) is 52.5 Å². The quantitative estimate of drug-likeness (QED) is 0.250. The SMILES string of the molecule is CC(=O)c1c(O)cccc1CCc1c(OCCN2CCN(CCO)CC2)ccc2c1Cc1nc3nonc3nc1-2. The second-order valence-corrected chi connectivity index (χ2v) is 10.3. The Bertz CT molecular complexity index is 1550. The summed E-state index contributed by atoms with van der Waals surface area (Å²) in [6.07, 6.45) is 1.77. The number of piperazine rings is 1. The monoisotopic (exact) mass is 544 g/mol. The smallest absolute Gasteiger partial charge is 0.243 e. The van der Waals surface area contributed by atoms with Crippen LogP contribution in [0.1, 0.15) is 39.7 Å². The third-order valence-electron chi connectivity index (χ3n) is 7.85. The molecule has 1 aliphatic heterocycles. The summed E-state index contributed by atoms with van der Waals surface area (Å²) in [5, 5.41) is 27.2. The van der Waals surface area contributed by atoms with Crippen LogP contribution >= 0.6 is 0 Å². The number of carbonyl (C=O) groups is 1. The van der Waals surface area contributed by atoms with E-state index < -0.39 is 0 Å². The Balaban J connectivity index is 1.25. The molecule has 1 saturated heterocycles. The molecule has 0 bridgehead atoms. The van der Waals surface area contributed by atoms with E-state index in [2.05, 4.69) is 30.1 Å². The number of aromatic hydroxyl groups is 1. The zero-order chi connectivity index (χ0) is 27.6. The van der Waals surface area contributed by atoms with Gasteiger partial charge in [0.1, 0.15) is 18.1 Å². The minimum atomic E-state index is -0.160. The third-order valence-corrected chi connectivity index (χ3v) is 7.85. The van der Waals surface area contributed by atoms with Gasteiger partial charge >= 0.3 is 0 Å². The van der Waals surface area contributed by atoms with Crippen molar-refractivity contribution in [3.05, 3.63) is 58.3 Å². The first kappa shape index (κ1) is 26.3. The normalized spacial score (nSPS) is 15.3. The van der Waals surface area contributed by atoms with Crippen molar-refractivity contribution < 1.29 is 24.4 Å². The number of β-amino-alcohol motifs (C(OH)–C–C–N with tert-alkyl or cyclic N) is 1. The minimum absolute atomic E-state index is 0.00360. The highest BCUT2D eigenvalue weighted by molar-refractivity contribution is 5.98. The fourth-order valence-corrected chi connectivity index (χ4v) is 5.81. The van der Waals surface area contributed by atoms with E-state index >= 15 is 0 Å². The van der Waals surface area contributed by atoms with Crippen LogP contribution in [0.3, 0.4) is 0 Å². The van der Waals surface area contributed by atoms with Crippen molar-refractivity contribution in [1.82, 2.24) is 30.1 Å². The standard InChI is InChI=1S/C29H32N6O5/c1-18(37)26-19(3-2-4-24(26)38)5-6-20-22-17-23-27(31-29-28(30-23)32-40-33-29)21(22)7-8-25(20)39-16-14-35-11-9-34(10-12-35)13-15-36/h2-4,7-8,36,38H,5-6,9-17H2,1H3. The number of benzene rings is 2. The largest absolute Gasteiger partial charge is 0.507 e. The molecule has 1 aliphatic carbocycles. The van der Waals surface area contributed by atoms with Gasteiger partial charge in [-0.1, -0.05) is 12.1 Å². The molecule has 3 heterocycles. The summed E-state index contributed by atoms with van der Waals surface area (Å²) in [5.74, 6) is 0.649. The lowest BCUT2D eigenvalue weighted by molar-refractivity contribution is 0.101. The number of carbonyl (C=O) groups excluding carboxylic acids is 1. The van der Waals surface area contributed by atoms with E-state index in [1.807, 2.05) is 18.2 Å². The first-order valence-corrected chi connectivity index (χ1v) is 13.7. The molecule has 4 aromatic rings. The summed E-state index contributed by atoms with van der Waals surface area (Å²) in [6.45, 7) is 7.52. The van der Waals surface area contributed by atoms with Crippen LogP contribution in [0.5, 0.6) is 11.5 Å². The van der Waals surface area contributed by atoms with Crippen molar-refractivity contribution in [1.29, 1.82) is 0 Å². The predicted molar refractivity (Wildman–Crippen MR) is 147 cm³/mol. The highest BCUT2D eigenvalue weighted by atomic mass is 16.6. The van der Waals surface area contributed by atoms with Gasteiger partial charge < -0.3 is 14.9 Å². The number of phenolic OH excluding ortho intramolecular Hbond substituents is 1. The topological polar surface area (TPSA) is 138 Å². The Morgan fingerprint density at radius 2 is 1.75 bits per heavy atom. The van der Waals surface area contributed by atoms with Gasteiger partial charge in [0.25, 0.3) is 0 Å². The van der Waals surface area contributed by atoms with Gasteiger partial charge in [-0.25, -0.2) is 14.6 Å². The van der Waals surface area contributed by atoms with Gasteiger partial charge in [-0.3, -0.25) is 14.6 Å². The highest BCUT2D eigenvalue weighted by Gasteiger charge is 2.28. The van der Waals surface area contributed by atoms with E-state index in [0.717, 1.165) is 78.7 Å². The molecule has 2 N–H and O–H groups in total. The predicted octanol–water partition coefficient (Wildman–Crippen LogP) is 2.27. The van der Waals surface area contributed by atoms with E-state index in [1.54, 1.807) is 12.1 Å². The van der Waals surface area contributed by atoms with Crippen LogP contribution in [-0.4, -0.2) is 98.6 Å². The number of rotatable bonds is 10. The molecule has 6 rings (SSSR count). The number of ketones is 1. The van der Waals surface area contributed by atoms with E-state index in [9.17, 15) is 15.0 Å². The molecule has 2 aliphatic rings. The van der Waals surface area contributed by atoms with Crippen LogP contribution in [0.4, 0.5) is 0 Å². The van der Waals surface area contributed by atoms with Crippen LogP contribution < -0.4 is 4.74 Å². The maximum Gasteiger partial charge on any atom is 0.243 e. The zero-order valence-corrected chi connectivity index (χ0v) is 22.5. The lowest BCUT2D eigenvalue weighted by Crippen LogP contribution is -2.48. The van der Waals surface area contributed by atoms with E-state index in [-0.39, 0.29) is 18.1 Å². The lowest BCUT2D eigenvalue weighted by Gasteiger charge is -2.34. The number of aryl methyl sites for hydroxylation is 1. The Morgan fingerprint density at radius 1 is 1.00 bits per heavy atom. The fraction of sp³-hybridized carbons (Fsp3) is 0.414. The summed E-state index contributed by atoms with van der Waals surface area (Å²) in [7, 11) is 0. The molecule has 0 amide bonds. The minimum Gasteiger partial charge on any atom is -0.507 e. The first-order chi connectivity index (χ1) is 19.5. The molecule has 0 radical (unpaired) electrons. The molecule has 2 aromatic heterocycles. The van der Waals surface area contributed by atoms with E-state index in [1.165, 1.54) is 6.92 Å². The van der Waals surface area contributed by atoms with Crippen LogP contribution in [0, 0.1) is 0 Å². The summed E-state index contributed by atoms with van der Waals surface area (Å²) >= 11 is 0. The number of hydrogen-bond acceptors (Lipinski definition) is 11. The molecule has 40 heavy (non-hydrogen) atoms. The number of nitrogens with zero attached hydrogens (tertiary/aromatic N) is 6. The second kappa shape index (κ2) is 11.3. The molecule has 208 valence electrons. The molecular weight excluding hydrogens is 512 g/mol. The molecule has 11 heteroatoms. The average Bonchev–Trinajstić information content (AvgIpc) is 3.55. The van der Waals surface area contributed by atoms with Gasteiger partial charge in [-0.2, -0.15) is 0 Å². The number of phenols is 1. The molecular formula is C29H32N6O5. The zero-order valence-electron chi connectivity index (χ0n) is 22.5. The number of aromatic nitrogens is 4. The van der Waals surface area contributed by atoms with E-state index in [4.69, 9.17) is 9.37 Å². The van der Waals surface area contributed by atoms with Gasteiger partial charge in [-0.05, 0) is 65.0 Å². The molecule has 11 nitrogen and oxygen atoms in total. The van der Waals surface area contributed by atoms with Gasteiger partial charge in [0, 0.05) is 51.3 Å². The molecule has 2 aromatic carbocycles. The molecule has 0 spiro atoms. The summed E-state index contributed by atoms with van der Waals surface area (Å²) in [4.78, 5) is 26.3. The molecule has 0 unspecified atom stereocenters. The molecule has 0 saturated carbocycles. The Labute approximate surface area is 231 Å². The van der Waals surface area contributed by atoms with E-state index in [0.29, 0.717) is 42.7 Å². The van der Waals surface area contributed by atoms with Crippen LogP contribution in [0.15, 0.2) is 35.0 Å². The Hall–Kier alpha value is -3.93. The number of aliphatic hydroxyl groups excluding tert-OH is 1. The number of fused-ring (bicyclic) bond motifs is 4. The molecule has 1 fully saturated rings. The maximum atomic E-state index is 12.3. The summed E-state index contributed by atoms with van der Waals surface area (Å²) in [6, 6.07) is 9.22. The maximum absolute atomic E-state index is 12.3. The molecule has 0 atom stereocenters. The van der Waals surface area contributed by atoms with Crippen LogP contribution in [-0.2, 0) is 19.3 Å². The van der Waals surface area contributed by atoms with Crippen molar-refractivity contribution in [3.63, 3.8) is 0 Å². The number of aliphatic hydroxyl groups is 1. The van der Waals surface area contributed by atoms with Gasteiger partial charge in [0.2, 0.25) is 11.3 Å². The van der Waals surface area contributed by atoms with Gasteiger partial charge in [0.15, 0.2) is 5.78 Å². The number of Topliss-reactive ketones (excluding diaryl/α,β-unsaturated/α-hetero) is 1. The second-order valence-electron chi connectivity index (χ2n) is 10.3. The summed E-state index contributed by atoms with van der Waals surface area (Å²) in [5.41, 5.74) is 6.65. The van der Waals surface area contributed by atoms with Crippen LogP contribution in [0.2, 0.25) is 0 Å². The van der Waals surface area contributed by atoms with Crippen molar-refractivity contribution >= 4 is 17.1 Å².